The second-order valence-corrected chi connectivity index (χ2v) is 4.38. The van der Waals surface area contributed by atoms with Crippen molar-refractivity contribution in [2.45, 2.75) is 19.8 Å². The maximum atomic E-state index is 11.4. The molecular weight excluding hydrogens is 214 g/mol. The minimum absolute atomic E-state index is 0.355. The van der Waals surface area contributed by atoms with Gasteiger partial charge in [0, 0.05) is 18.6 Å². The third-order valence-electron chi connectivity index (χ3n) is 1.94. The molecule has 1 heterocycles. The second kappa shape index (κ2) is 5.82. The Morgan fingerprint density at radius 2 is 2.20 bits per heavy atom. The van der Waals surface area contributed by atoms with Crippen molar-refractivity contribution < 1.29 is 14.3 Å². The predicted molar refractivity (Wildman–Crippen MR) is 58.4 cm³/mol. The highest BCUT2D eigenvalue weighted by Crippen LogP contribution is 2.20. The van der Waals surface area contributed by atoms with E-state index in [1.807, 2.05) is 6.92 Å². The van der Waals surface area contributed by atoms with Crippen LogP contribution < -0.4 is 0 Å². The summed E-state index contributed by atoms with van der Waals surface area (Å²) < 4.78 is 9.64. The number of rotatable bonds is 5. The molecular formula is C10H15NO3S. The first kappa shape index (κ1) is 12.1. The van der Waals surface area contributed by atoms with E-state index in [2.05, 4.69) is 9.72 Å². The highest BCUT2D eigenvalue weighted by Gasteiger charge is 2.16. The fourth-order valence-corrected chi connectivity index (χ4v) is 2.24. The van der Waals surface area contributed by atoms with Crippen LogP contribution in [-0.2, 0) is 15.9 Å². The van der Waals surface area contributed by atoms with Crippen molar-refractivity contribution in [2.24, 2.45) is 0 Å². The Hall–Kier alpha value is -0.940. The van der Waals surface area contributed by atoms with E-state index in [0.717, 1.165) is 22.7 Å². The summed E-state index contributed by atoms with van der Waals surface area (Å²) in [6.45, 7) is 2.58. The Morgan fingerprint density at radius 1 is 1.47 bits per heavy atom. The van der Waals surface area contributed by atoms with E-state index >= 15 is 0 Å². The van der Waals surface area contributed by atoms with Gasteiger partial charge in [0.25, 0.3) is 0 Å². The van der Waals surface area contributed by atoms with Crippen LogP contribution in [0.1, 0.15) is 26.8 Å². The van der Waals surface area contributed by atoms with E-state index in [4.69, 9.17) is 4.74 Å². The standard InChI is InChI=1S/C10H15NO3S/c1-7-11-9(10(12)14-3)8(15-7)5-4-6-13-2/h4-6H2,1-3H3. The molecule has 0 unspecified atom stereocenters. The van der Waals surface area contributed by atoms with E-state index in [0.29, 0.717) is 12.3 Å². The minimum atomic E-state index is -0.355. The molecule has 4 nitrogen and oxygen atoms in total. The zero-order valence-corrected chi connectivity index (χ0v) is 10.0. The molecule has 0 aliphatic carbocycles. The number of esters is 1. The number of aryl methyl sites for hydroxylation is 2. The van der Waals surface area contributed by atoms with Gasteiger partial charge in [0.1, 0.15) is 0 Å². The number of carbonyl (C=O) groups is 1. The fraction of sp³-hybridized carbons (Fsp3) is 0.600. The van der Waals surface area contributed by atoms with Crippen LogP contribution in [0.4, 0.5) is 0 Å². The first-order valence-corrected chi connectivity index (χ1v) is 5.54. The predicted octanol–water partition coefficient (Wildman–Crippen LogP) is 1.82. The zero-order valence-electron chi connectivity index (χ0n) is 9.20. The number of hydrogen-bond acceptors (Lipinski definition) is 5. The van der Waals surface area contributed by atoms with E-state index in [9.17, 15) is 4.79 Å². The Kier molecular flexibility index (Phi) is 4.71. The molecule has 0 saturated carbocycles. The average molecular weight is 229 g/mol. The smallest absolute Gasteiger partial charge is 0.357 e. The molecule has 1 aromatic heterocycles. The highest BCUT2D eigenvalue weighted by molar-refractivity contribution is 7.11. The maximum absolute atomic E-state index is 11.4. The van der Waals surface area contributed by atoms with E-state index < -0.39 is 0 Å². The first-order valence-electron chi connectivity index (χ1n) is 4.72. The summed E-state index contributed by atoms with van der Waals surface area (Å²) in [5.41, 5.74) is 0.455. The van der Waals surface area contributed by atoms with Crippen LogP contribution in [-0.4, -0.2) is 31.8 Å². The maximum Gasteiger partial charge on any atom is 0.357 e. The highest BCUT2D eigenvalue weighted by atomic mass is 32.1. The molecule has 0 atom stereocenters. The molecule has 84 valence electrons. The molecule has 1 rings (SSSR count). The quantitative estimate of drug-likeness (QED) is 0.571. The SMILES string of the molecule is COCCCc1sc(C)nc1C(=O)OC. The molecule has 0 bridgehead atoms. The van der Waals surface area contributed by atoms with E-state index in [1.165, 1.54) is 7.11 Å². The summed E-state index contributed by atoms with van der Waals surface area (Å²) in [6.07, 6.45) is 1.70. The molecule has 0 N–H and O–H groups in total. The van der Waals surface area contributed by atoms with Gasteiger partial charge in [-0.3, -0.25) is 0 Å². The van der Waals surface area contributed by atoms with Gasteiger partial charge < -0.3 is 9.47 Å². The summed E-state index contributed by atoms with van der Waals surface area (Å²) in [5.74, 6) is -0.355. The number of carbonyl (C=O) groups excluding carboxylic acids is 1. The lowest BCUT2D eigenvalue weighted by Crippen LogP contribution is -2.05. The van der Waals surface area contributed by atoms with Crippen LogP contribution in [0.15, 0.2) is 0 Å². The van der Waals surface area contributed by atoms with Gasteiger partial charge in [-0.25, -0.2) is 9.78 Å². The summed E-state index contributed by atoms with van der Waals surface area (Å²) in [7, 11) is 3.04. The zero-order chi connectivity index (χ0) is 11.3. The molecule has 0 radical (unpaired) electrons. The molecule has 0 aliphatic heterocycles. The number of aromatic nitrogens is 1. The third-order valence-corrected chi connectivity index (χ3v) is 2.97. The van der Waals surface area contributed by atoms with E-state index in [1.54, 1.807) is 18.4 Å². The lowest BCUT2D eigenvalue weighted by molar-refractivity contribution is 0.0593. The molecule has 0 saturated heterocycles. The van der Waals surface area contributed by atoms with Gasteiger partial charge in [0.05, 0.1) is 12.1 Å². The Balaban J connectivity index is 2.72. The number of thiazole rings is 1. The Morgan fingerprint density at radius 3 is 2.80 bits per heavy atom. The van der Waals surface area contributed by atoms with Crippen LogP contribution in [0.2, 0.25) is 0 Å². The van der Waals surface area contributed by atoms with Crippen LogP contribution in [0, 0.1) is 6.92 Å². The van der Waals surface area contributed by atoms with Gasteiger partial charge in [0.15, 0.2) is 5.69 Å². The second-order valence-electron chi connectivity index (χ2n) is 3.09. The largest absolute Gasteiger partial charge is 0.464 e. The van der Waals surface area contributed by atoms with Crippen molar-refractivity contribution in [3.8, 4) is 0 Å². The number of methoxy groups -OCH3 is 2. The number of ether oxygens (including phenoxy) is 2. The summed E-state index contributed by atoms with van der Waals surface area (Å²) in [5, 5.41) is 0.891. The Labute approximate surface area is 93.2 Å². The molecule has 0 spiro atoms. The summed E-state index contributed by atoms with van der Waals surface area (Å²) in [4.78, 5) is 16.5. The number of hydrogen-bond donors (Lipinski definition) is 0. The minimum Gasteiger partial charge on any atom is -0.464 e. The van der Waals surface area contributed by atoms with Crippen molar-refractivity contribution >= 4 is 17.3 Å². The van der Waals surface area contributed by atoms with Crippen molar-refractivity contribution in [1.82, 2.24) is 4.98 Å². The van der Waals surface area contributed by atoms with Gasteiger partial charge >= 0.3 is 5.97 Å². The van der Waals surface area contributed by atoms with Crippen molar-refractivity contribution in [1.29, 1.82) is 0 Å². The van der Waals surface area contributed by atoms with Gasteiger partial charge in [-0.1, -0.05) is 0 Å². The van der Waals surface area contributed by atoms with Crippen LogP contribution in [0.5, 0.6) is 0 Å². The van der Waals surface area contributed by atoms with Crippen LogP contribution >= 0.6 is 11.3 Å². The molecule has 0 aliphatic rings. The molecule has 0 fully saturated rings. The van der Waals surface area contributed by atoms with Gasteiger partial charge in [-0.05, 0) is 19.8 Å². The topological polar surface area (TPSA) is 48.4 Å². The molecule has 15 heavy (non-hydrogen) atoms. The summed E-state index contributed by atoms with van der Waals surface area (Å²) in [6, 6.07) is 0. The monoisotopic (exact) mass is 229 g/mol. The summed E-state index contributed by atoms with van der Waals surface area (Å²) >= 11 is 1.54. The molecule has 5 heteroatoms. The lowest BCUT2D eigenvalue weighted by atomic mass is 10.2. The number of nitrogens with zero attached hydrogens (tertiary/aromatic N) is 1. The third kappa shape index (κ3) is 3.28. The van der Waals surface area contributed by atoms with Crippen molar-refractivity contribution in [3.63, 3.8) is 0 Å². The van der Waals surface area contributed by atoms with Gasteiger partial charge in [-0.15, -0.1) is 11.3 Å². The van der Waals surface area contributed by atoms with Gasteiger partial charge in [0.2, 0.25) is 0 Å². The van der Waals surface area contributed by atoms with E-state index in [-0.39, 0.29) is 5.97 Å². The van der Waals surface area contributed by atoms with Crippen LogP contribution in [0.3, 0.4) is 0 Å². The average Bonchev–Trinajstić information content (AvgIpc) is 2.59. The molecule has 0 aromatic carbocycles. The fourth-order valence-electron chi connectivity index (χ4n) is 1.27. The lowest BCUT2D eigenvalue weighted by Gasteiger charge is -2.00. The molecule has 1 aromatic rings. The normalized spacial score (nSPS) is 10.3. The van der Waals surface area contributed by atoms with Crippen molar-refractivity contribution in [3.05, 3.63) is 15.6 Å². The Bertz CT molecular complexity index is 335. The van der Waals surface area contributed by atoms with Gasteiger partial charge in [-0.2, -0.15) is 0 Å². The molecule has 0 amide bonds. The van der Waals surface area contributed by atoms with Crippen molar-refractivity contribution in [2.75, 3.05) is 20.8 Å². The van der Waals surface area contributed by atoms with Crippen LogP contribution in [0.25, 0.3) is 0 Å². The first-order chi connectivity index (χ1) is 7.19.